The third kappa shape index (κ3) is 2.78. The van der Waals surface area contributed by atoms with Gasteiger partial charge in [-0.15, -0.1) is 0 Å². The van der Waals surface area contributed by atoms with Gasteiger partial charge in [0.25, 0.3) is 0 Å². The smallest absolute Gasteiger partial charge is 0.126 e. The summed E-state index contributed by atoms with van der Waals surface area (Å²) in [6.07, 6.45) is 6.58. The molecule has 0 amide bonds. The van der Waals surface area contributed by atoms with E-state index in [4.69, 9.17) is 9.47 Å². The van der Waals surface area contributed by atoms with Gasteiger partial charge in [0.15, 0.2) is 0 Å². The number of hydrogen-bond donors (Lipinski definition) is 1. The van der Waals surface area contributed by atoms with E-state index < -0.39 is 0 Å². The summed E-state index contributed by atoms with van der Waals surface area (Å²) in [6, 6.07) is 6.91. The molecule has 0 aliphatic heterocycles. The minimum atomic E-state index is 0.562. The lowest BCUT2D eigenvalue weighted by Gasteiger charge is -2.24. The fourth-order valence-corrected chi connectivity index (χ4v) is 3.51. The van der Waals surface area contributed by atoms with Gasteiger partial charge in [-0.1, -0.05) is 12.5 Å². The fraction of sp³-hybridized carbons (Fsp3) is 0.647. The van der Waals surface area contributed by atoms with Gasteiger partial charge in [-0.2, -0.15) is 0 Å². The van der Waals surface area contributed by atoms with E-state index >= 15 is 0 Å². The summed E-state index contributed by atoms with van der Waals surface area (Å²) < 4.78 is 11.2. The molecule has 0 saturated heterocycles. The quantitative estimate of drug-likeness (QED) is 0.863. The summed E-state index contributed by atoms with van der Waals surface area (Å²) in [6.45, 7) is 1.14. The first kappa shape index (κ1) is 13.7. The third-order valence-electron chi connectivity index (χ3n) is 4.74. The van der Waals surface area contributed by atoms with E-state index in [0.29, 0.717) is 11.8 Å². The Hall–Kier alpha value is -1.22. The Morgan fingerprint density at radius 1 is 1.05 bits per heavy atom. The average Bonchev–Trinajstić information content (AvgIpc) is 3.21. The van der Waals surface area contributed by atoms with E-state index in [1.165, 1.54) is 37.7 Å². The van der Waals surface area contributed by atoms with Gasteiger partial charge in [-0.05, 0) is 56.2 Å². The van der Waals surface area contributed by atoms with Gasteiger partial charge < -0.3 is 14.8 Å². The summed E-state index contributed by atoms with van der Waals surface area (Å²) in [4.78, 5) is 0. The van der Waals surface area contributed by atoms with Gasteiger partial charge in [-0.3, -0.25) is 0 Å². The van der Waals surface area contributed by atoms with Crippen molar-refractivity contribution < 1.29 is 9.47 Å². The Balaban J connectivity index is 1.81. The molecule has 0 spiro atoms. The lowest BCUT2D eigenvalue weighted by molar-refractivity contribution is 0.361. The van der Waals surface area contributed by atoms with Crippen LogP contribution in [-0.2, 0) is 0 Å². The minimum absolute atomic E-state index is 0.562. The molecule has 1 aromatic carbocycles. The second-order valence-corrected chi connectivity index (χ2v) is 6.06. The van der Waals surface area contributed by atoms with Gasteiger partial charge >= 0.3 is 0 Å². The van der Waals surface area contributed by atoms with E-state index in [-0.39, 0.29) is 0 Å². The molecular formula is C17H25NO2. The molecule has 110 valence electrons. The number of methoxy groups -OCH3 is 2. The largest absolute Gasteiger partial charge is 0.496 e. The molecule has 20 heavy (non-hydrogen) atoms. The first-order valence-corrected chi connectivity index (χ1v) is 7.77. The van der Waals surface area contributed by atoms with Crippen LogP contribution in [0.5, 0.6) is 11.5 Å². The molecule has 3 rings (SSSR count). The van der Waals surface area contributed by atoms with Crippen LogP contribution in [0.15, 0.2) is 18.2 Å². The predicted molar refractivity (Wildman–Crippen MR) is 80.7 cm³/mol. The number of benzene rings is 1. The molecule has 2 unspecified atom stereocenters. The van der Waals surface area contributed by atoms with E-state index in [1.54, 1.807) is 14.2 Å². The number of hydrogen-bond acceptors (Lipinski definition) is 3. The molecule has 2 atom stereocenters. The molecule has 2 aliphatic carbocycles. The maximum Gasteiger partial charge on any atom is 0.126 e. The summed E-state index contributed by atoms with van der Waals surface area (Å²) in [5.74, 6) is 3.23. The molecule has 1 N–H and O–H groups in total. The van der Waals surface area contributed by atoms with Crippen molar-refractivity contribution >= 4 is 0 Å². The van der Waals surface area contributed by atoms with Crippen molar-refractivity contribution in [2.45, 2.75) is 44.1 Å². The number of ether oxygens (including phenoxy) is 2. The maximum atomic E-state index is 5.59. The Morgan fingerprint density at radius 3 is 2.35 bits per heavy atom. The zero-order chi connectivity index (χ0) is 13.9. The van der Waals surface area contributed by atoms with Crippen LogP contribution in [-0.4, -0.2) is 26.8 Å². The van der Waals surface area contributed by atoms with Gasteiger partial charge in [-0.25, -0.2) is 0 Å². The van der Waals surface area contributed by atoms with Crippen molar-refractivity contribution in [3.8, 4) is 11.5 Å². The topological polar surface area (TPSA) is 30.5 Å². The lowest BCUT2D eigenvalue weighted by atomic mass is 9.87. The second kappa shape index (κ2) is 6.04. The number of nitrogens with one attached hydrogen (secondary N) is 1. The highest BCUT2D eigenvalue weighted by Gasteiger charge is 2.33. The molecule has 2 fully saturated rings. The standard InChI is InChI=1S/C17H25NO2/c1-19-15-7-4-8-16(20-2)17(15)14-6-3-5-12(14)11-18-13-9-10-13/h4,7-8,12-14,18H,3,5-6,9-11H2,1-2H3. The first-order valence-electron chi connectivity index (χ1n) is 7.77. The van der Waals surface area contributed by atoms with Crippen molar-refractivity contribution in [3.05, 3.63) is 23.8 Å². The molecule has 3 nitrogen and oxygen atoms in total. The van der Waals surface area contributed by atoms with Crippen molar-refractivity contribution in [1.29, 1.82) is 0 Å². The minimum Gasteiger partial charge on any atom is -0.496 e. The van der Waals surface area contributed by atoms with Crippen molar-refractivity contribution in [1.82, 2.24) is 5.32 Å². The molecular weight excluding hydrogens is 250 g/mol. The average molecular weight is 275 g/mol. The Morgan fingerprint density at radius 2 is 1.75 bits per heavy atom. The summed E-state index contributed by atoms with van der Waals surface area (Å²) >= 11 is 0. The van der Waals surface area contributed by atoms with E-state index in [2.05, 4.69) is 17.4 Å². The van der Waals surface area contributed by atoms with E-state index in [9.17, 15) is 0 Å². The predicted octanol–water partition coefficient (Wildman–Crippen LogP) is 3.34. The van der Waals surface area contributed by atoms with Crippen LogP contribution >= 0.6 is 0 Å². The van der Waals surface area contributed by atoms with Crippen LogP contribution in [0.25, 0.3) is 0 Å². The molecule has 2 saturated carbocycles. The Labute approximate surface area is 121 Å². The molecule has 3 heteroatoms. The molecule has 0 aromatic heterocycles. The Kier molecular flexibility index (Phi) is 4.16. The normalized spacial score (nSPS) is 25.7. The maximum absolute atomic E-state index is 5.59. The van der Waals surface area contributed by atoms with E-state index in [0.717, 1.165) is 24.1 Å². The van der Waals surface area contributed by atoms with Crippen LogP contribution in [0, 0.1) is 5.92 Å². The molecule has 0 heterocycles. The first-order chi connectivity index (χ1) is 9.83. The fourth-order valence-electron chi connectivity index (χ4n) is 3.51. The van der Waals surface area contributed by atoms with Crippen LogP contribution in [0.1, 0.15) is 43.6 Å². The van der Waals surface area contributed by atoms with Gasteiger partial charge in [0.2, 0.25) is 0 Å². The van der Waals surface area contributed by atoms with Crippen LogP contribution in [0.4, 0.5) is 0 Å². The van der Waals surface area contributed by atoms with Gasteiger partial charge in [0.1, 0.15) is 11.5 Å². The summed E-state index contributed by atoms with van der Waals surface area (Å²) in [7, 11) is 3.51. The molecule has 0 radical (unpaired) electrons. The van der Waals surface area contributed by atoms with Crippen LogP contribution < -0.4 is 14.8 Å². The summed E-state index contributed by atoms with van der Waals surface area (Å²) in [5, 5.41) is 3.69. The van der Waals surface area contributed by atoms with Crippen molar-refractivity contribution in [2.75, 3.05) is 20.8 Å². The number of rotatable bonds is 6. The van der Waals surface area contributed by atoms with Crippen LogP contribution in [0.3, 0.4) is 0 Å². The highest BCUT2D eigenvalue weighted by atomic mass is 16.5. The van der Waals surface area contributed by atoms with Crippen LogP contribution in [0.2, 0.25) is 0 Å². The van der Waals surface area contributed by atoms with Gasteiger partial charge in [0, 0.05) is 11.6 Å². The molecule has 2 aliphatic rings. The molecule has 1 aromatic rings. The molecule has 0 bridgehead atoms. The third-order valence-corrected chi connectivity index (χ3v) is 4.74. The monoisotopic (exact) mass is 275 g/mol. The Bertz CT molecular complexity index is 434. The lowest BCUT2D eigenvalue weighted by Crippen LogP contribution is -2.26. The van der Waals surface area contributed by atoms with Crippen molar-refractivity contribution in [2.24, 2.45) is 5.92 Å². The highest BCUT2D eigenvalue weighted by molar-refractivity contribution is 5.48. The van der Waals surface area contributed by atoms with E-state index in [1.807, 2.05) is 6.07 Å². The SMILES string of the molecule is COc1cccc(OC)c1C1CCCC1CNC1CC1. The highest BCUT2D eigenvalue weighted by Crippen LogP contribution is 2.46. The zero-order valence-electron chi connectivity index (χ0n) is 12.5. The van der Waals surface area contributed by atoms with Gasteiger partial charge in [0.05, 0.1) is 14.2 Å². The summed E-state index contributed by atoms with van der Waals surface area (Å²) in [5.41, 5.74) is 1.28. The zero-order valence-corrected chi connectivity index (χ0v) is 12.5. The second-order valence-electron chi connectivity index (χ2n) is 6.06. The van der Waals surface area contributed by atoms with Crippen molar-refractivity contribution in [3.63, 3.8) is 0 Å².